The molecule has 1 atom stereocenters. The van der Waals surface area contributed by atoms with Crippen LogP contribution in [0.3, 0.4) is 0 Å². The molecule has 5 rings (SSSR count). The molecule has 3 aromatic heterocycles. The highest BCUT2D eigenvalue weighted by Crippen LogP contribution is 2.38. The van der Waals surface area contributed by atoms with E-state index >= 15 is 0 Å². The van der Waals surface area contributed by atoms with Gasteiger partial charge in [0.05, 0.1) is 22.3 Å². The molecule has 4 heterocycles. The molecule has 1 aromatic carbocycles. The van der Waals surface area contributed by atoms with Crippen LogP contribution in [0.5, 0.6) is 0 Å². The molecule has 1 aliphatic heterocycles. The zero-order valence-corrected chi connectivity index (χ0v) is 15.6. The van der Waals surface area contributed by atoms with Gasteiger partial charge in [-0.2, -0.15) is 0 Å². The van der Waals surface area contributed by atoms with Crippen LogP contribution in [-0.2, 0) is 6.54 Å². The number of halogens is 2. The van der Waals surface area contributed by atoms with Gasteiger partial charge in [-0.25, -0.2) is 4.98 Å². The first-order valence-corrected chi connectivity index (χ1v) is 9.00. The molecular weight excluding hydrogens is 387 g/mol. The van der Waals surface area contributed by atoms with Gasteiger partial charge >= 0.3 is 0 Å². The van der Waals surface area contributed by atoms with Crippen LogP contribution in [0, 0.1) is 0 Å². The molecule has 4 aromatic rings. The van der Waals surface area contributed by atoms with Crippen LogP contribution in [0.4, 0.5) is 0 Å². The molecule has 10 heteroatoms. The Morgan fingerprint density at radius 3 is 2.56 bits per heavy atom. The average molecular weight is 399 g/mol. The number of aromatic nitrogens is 8. The molecule has 0 bridgehead atoms. The quantitative estimate of drug-likeness (QED) is 0.513. The predicted octanol–water partition coefficient (Wildman–Crippen LogP) is 3.54. The topological polar surface area (TPSA) is 87.2 Å². The molecule has 0 aliphatic carbocycles. The van der Waals surface area contributed by atoms with Crippen molar-refractivity contribution in [2.75, 3.05) is 0 Å². The minimum Gasteiger partial charge on any atom is -0.301 e. The summed E-state index contributed by atoms with van der Waals surface area (Å²) in [5.41, 5.74) is 1.39. The molecule has 0 unspecified atom stereocenters. The Hall–Kier alpha value is -2.84. The fourth-order valence-corrected chi connectivity index (χ4v) is 3.70. The molecule has 8 nitrogen and oxygen atoms in total. The van der Waals surface area contributed by atoms with Gasteiger partial charge in [-0.1, -0.05) is 29.3 Å². The number of rotatable bonds is 2. The van der Waals surface area contributed by atoms with Crippen molar-refractivity contribution in [2.45, 2.75) is 19.5 Å². The van der Waals surface area contributed by atoms with Gasteiger partial charge in [0, 0.05) is 24.5 Å². The van der Waals surface area contributed by atoms with Crippen LogP contribution < -0.4 is 0 Å². The van der Waals surface area contributed by atoms with Crippen LogP contribution in [0.15, 0.2) is 36.8 Å². The van der Waals surface area contributed by atoms with Crippen molar-refractivity contribution >= 4 is 23.2 Å². The lowest BCUT2D eigenvalue weighted by atomic mass is 10.1. The van der Waals surface area contributed by atoms with Gasteiger partial charge in [0.15, 0.2) is 11.6 Å². The van der Waals surface area contributed by atoms with E-state index in [2.05, 4.69) is 37.3 Å². The number of nitrogens with zero attached hydrogens (tertiary/aromatic N) is 8. The maximum Gasteiger partial charge on any atom is 0.202 e. The number of benzene rings is 1. The molecule has 0 fully saturated rings. The second-order valence-electron chi connectivity index (χ2n) is 6.22. The summed E-state index contributed by atoms with van der Waals surface area (Å²) in [6.07, 6.45) is 4.92. The van der Waals surface area contributed by atoms with Gasteiger partial charge < -0.3 is 4.57 Å². The fraction of sp³-hybridized carbons (Fsp3) is 0.176. The molecule has 0 radical (unpaired) electrons. The van der Waals surface area contributed by atoms with Crippen LogP contribution in [0.2, 0.25) is 10.0 Å². The zero-order valence-electron chi connectivity index (χ0n) is 14.1. The van der Waals surface area contributed by atoms with E-state index < -0.39 is 0 Å². The summed E-state index contributed by atoms with van der Waals surface area (Å²) >= 11 is 12.6. The lowest BCUT2D eigenvalue weighted by Gasteiger charge is -2.24. The average Bonchev–Trinajstić information content (AvgIpc) is 3.29. The number of fused-ring (bicyclic) bond motifs is 3. The Kier molecular flexibility index (Phi) is 3.70. The van der Waals surface area contributed by atoms with Gasteiger partial charge in [-0.15, -0.1) is 20.4 Å². The van der Waals surface area contributed by atoms with Crippen LogP contribution >= 0.6 is 23.2 Å². The first kappa shape index (κ1) is 16.3. The van der Waals surface area contributed by atoms with Crippen LogP contribution in [-0.4, -0.2) is 39.5 Å². The van der Waals surface area contributed by atoms with Crippen molar-refractivity contribution in [1.82, 2.24) is 39.5 Å². The molecule has 1 aliphatic rings. The first-order valence-electron chi connectivity index (χ1n) is 8.24. The van der Waals surface area contributed by atoms with E-state index in [-0.39, 0.29) is 6.04 Å². The third-order valence-electron chi connectivity index (χ3n) is 4.52. The molecule has 134 valence electrons. The Morgan fingerprint density at radius 2 is 1.74 bits per heavy atom. The lowest BCUT2D eigenvalue weighted by molar-refractivity contribution is 0.450. The molecule has 27 heavy (non-hydrogen) atoms. The van der Waals surface area contributed by atoms with Gasteiger partial charge in [-0.3, -0.25) is 9.55 Å². The summed E-state index contributed by atoms with van der Waals surface area (Å²) in [6, 6.07) is 5.52. The van der Waals surface area contributed by atoms with Crippen molar-refractivity contribution in [1.29, 1.82) is 0 Å². The third-order valence-corrected chi connectivity index (χ3v) is 5.34. The Labute approximate surface area is 163 Å². The molecule has 0 N–H and O–H groups in total. The molecule has 0 spiro atoms. The number of hydrogen-bond donors (Lipinski definition) is 0. The Morgan fingerprint density at radius 1 is 0.963 bits per heavy atom. The van der Waals surface area contributed by atoms with Crippen molar-refractivity contribution in [3.63, 3.8) is 0 Å². The molecule has 0 saturated heterocycles. The first-order chi connectivity index (χ1) is 13.1. The maximum atomic E-state index is 6.40. The van der Waals surface area contributed by atoms with Crippen LogP contribution in [0.25, 0.3) is 34.6 Å². The van der Waals surface area contributed by atoms with Crippen molar-refractivity contribution < 1.29 is 0 Å². The van der Waals surface area contributed by atoms with E-state index in [0.717, 1.165) is 5.56 Å². The van der Waals surface area contributed by atoms with Gasteiger partial charge in [0.25, 0.3) is 0 Å². The van der Waals surface area contributed by atoms with E-state index in [1.165, 1.54) is 0 Å². The fourth-order valence-electron chi connectivity index (χ4n) is 3.31. The van der Waals surface area contributed by atoms with Crippen molar-refractivity contribution in [2.24, 2.45) is 0 Å². The van der Waals surface area contributed by atoms with E-state index in [9.17, 15) is 0 Å². The summed E-state index contributed by atoms with van der Waals surface area (Å²) in [4.78, 5) is 8.43. The minimum absolute atomic E-state index is 0.0546. The summed E-state index contributed by atoms with van der Waals surface area (Å²) in [6.45, 7) is 2.72. The monoisotopic (exact) mass is 398 g/mol. The lowest BCUT2D eigenvalue weighted by Crippen LogP contribution is -2.22. The zero-order chi connectivity index (χ0) is 18.5. The van der Waals surface area contributed by atoms with E-state index in [0.29, 0.717) is 45.6 Å². The molecular formula is C17H12Cl2N8. The second kappa shape index (κ2) is 6.11. The summed E-state index contributed by atoms with van der Waals surface area (Å²) in [7, 11) is 0. The van der Waals surface area contributed by atoms with Crippen molar-refractivity contribution in [3.8, 4) is 34.6 Å². The summed E-state index contributed by atoms with van der Waals surface area (Å²) < 4.78 is 4.00. The minimum atomic E-state index is 0.0546. The smallest absolute Gasteiger partial charge is 0.202 e. The SMILES string of the molecule is C[C@H]1Cn2c(-c3cnccn3)nnc2-c2nnc(-c3cccc(Cl)c3Cl)n21. The van der Waals surface area contributed by atoms with Crippen molar-refractivity contribution in [3.05, 3.63) is 46.8 Å². The van der Waals surface area contributed by atoms with Gasteiger partial charge in [0.2, 0.25) is 11.6 Å². The highest BCUT2D eigenvalue weighted by Gasteiger charge is 2.31. The normalized spacial score (nSPS) is 15.4. The maximum absolute atomic E-state index is 6.40. The highest BCUT2D eigenvalue weighted by atomic mass is 35.5. The van der Waals surface area contributed by atoms with E-state index in [1.807, 2.05) is 21.3 Å². The summed E-state index contributed by atoms with van der Waals surface area (Å²) in [5.74, 6) is 2.56. The highest BCUT2D eigenvalue weighted by molar-refractivity contribution is 6.43. The van der Waals surface area contributed by atoms with E-state index in [1.54, 1.807) is 24.7 Å². The number of hydrogen-bond acceptors (Lipinski definition) is 6. The van der Waals surface area contributed by atoms with E-state index in [4.69, 9.17) is 23.2 Å². The standard InChI is InChI=1S/C17H12Cl2N8/c1-9-8-26-15(12-7-20-5-6-21-12)23-24-16(26)17-25-22-14(27(9)17)10-3-2-4-11(18)13(10)19/h2-7,9H,8H2,1H3/t9-/m0/s1. The second-order valence-corrected chi connectivity index (χ2v) is 7.00. The molecule has 0 amide bonds. The Balaban J connectivity index is 1.68. The van der Waals surface area contributed by atoms with Gasteiger partial charge in [-0.05, 0) is 19.1 Å². The largest absolute Gasteiger partial charge is 0.301 e. The third kappa shape index (κ3) is 2.44. The van der Waals surface area contributed by atoms with Crippen LogP contribution in [0.1, 0.15) is 13.0 Å². The summed E-state index contributed by atoms with van der Waals surface area (Å²) in [5, 5.41) is 18.3. The van der Waals surface area contributed by atoms with Gasteiger partial charge in [0.1, 0.15) is 5.69 Å². The predicted molar refractivity (Wildman–Crippen MR) is 100 cm³/mol. The molecule has 0 saturated carbocycles. The Bertz CT molecular complexity index is 1150.